The van der Waals surface area contributed by atoms with Crippen LogP contribution in [0.15, 0.2) is 33.9 Å². The third-order valence-electron chi connectivity index (χ3n) is 3.89. The zero-order valence-electron chi connectivity index (χ0n) is 13.9. The highest BCUT2D eigenvalue weighted by Gasteiger charge is 2.18. The molecule has 3 aromatic rings. The van der Waals surface area contributed by atoms with Gasteiger partial charge in [-0.1, -0.05) is 17.7 Å². The second kappa shape index (κ2) is 6.44. The van der Waals surface area contributed by atoms with Crippen molar-refractivity contribution in [3.63, 3.8) is 0 Å². The summed E-state index contributed by atoms with van der Waals surface area (Å²) < 4.78 is 8.10. The molecule has 0 fully saturated rings. The van der Waals surface area contributed by atoms with Crippen molar-refractivity contribution < 1.29 is 9.84 Å². The molecule has 2 heterocycles. The Kier molecular flexibility index (Phi) is 4.32. The van der Waals surface area contributed by atoms with Gasteiger partial charge in [0.1, 0.15) is 18.5 Å². The van der Waals surface area contributed by atoms with Crippen LogP contribution in [0.2, 0.25) is 0 Å². The average molecular weight is 345 g/mol. The molecule has 25 heavy (non-hydrogen) atoms. The number of aliphatic hydroxyl groups excluding tert-OH is 1. The summed E-state index contributed by atoms with van der Waals surface area (Å²) in [5.74, 6) is 0.671. The summed E-state index contributed by atoms with van der Waals surface area (Å²) in [6.07, 6.45) is -0.919. The zero-order valence-corrected chi connectivity index (χ0v) is 13.9. The SMILES string of the molecule is Cc1ccc(OCC(O)Cn2c(N)nc3c2c(=O)[nH]c(=O)n3C)cc1. The number of ether oxygens (including phenoxy) is 1. The van der Waals surface area contributed by atoms with Gasteiger partial charge in [0.2, 0.25) is 5.95 Å². The summed E-state index contributed by atoms with van der Waals surface area (Å²) in [5.41, 5.74) is 6.07. The summed E-state index contributed by atoms with van der Waals surface area (Å²) in [6, 6.07) is 7.43. The number of hydrogen-bond acceptors (Lipinski definition) is 6. The molecule has 0 aliphatic carbocycles. The van der Waals surface area contributed by atoms with Gasteiger partial charge in [-0.3, -0.25) is 14.3 Å². The van der Waals surface area contributed by atoms with Crippen molar-refractivity contribution in [3.8, 4) is 5.75 Å². The van der Waals surface area contributed by atoms with Gasteiger partial charge in [0.05, 0.1) is 6.54 Å². The highest BCUT2D eigenvalue weighted by Crippen LogP contribution is 2.15. The van der Waals surface area contributed by atoms with Gasteiger partial charge < -0.3 is 20.1 Å². The topological polar surface area (TPSA) is 128 Å². The minimum atomic E-state index is -0.919. The summed E-state index contributed by atoms with van der Waals surface area (Å²) in [4.78, 5) is 29.9. The highest BCUT2D eigenvalue weighted by atomic mass is 16.5. The molecule has 1 aromatic carbocycles. The Morgan fingerprint density at radius 3 is 2.68 bits per heavy atom. The van der Waals surface area contributed by atoms with E-state index in [4.69, 9.17) is 10.5 Å². The molecule has 1 unspecified atom stereocenters. The molecule has 0 bridgehead atoms. The van der Waals surface area contributed by atoms with Gasteiger partial charge in [0, 0.05) is 7.05 Å². The van der Waals surface area contributed by atoms with Crippen molar-refractivity contribution in [3.05, 3.63) is 50.7 Å². The van der Waals surface area contributed by atoms with Crippen LogP contribution in [0.1, 0.15) is 5.56 Å². The number of nitrogens with zero attached hydrogens (tertiary/aromatic N) is 3. The molecule has 9 nitrogen and oxygen atoms in total. The Balaban J connectivity index is 1.81. The number of rotatable bonds is 5. The second-order valence-electron chi connectivity index (χ2n) is 5.85. The smallest absolute Gasteiger partial charge is 0.329 e. The van der Waals surface area contributed by atoms with E-state index in [1.807, 2.05) is 31.2 Å². The molecule has 132 valence electrons. The van der Waals surface area contributed by atoms with Crippen molar-refractivity contribution in [1.29, 1.82) is 0 Å². The largest absolute Gasteiger partial charge is 0.491 e. The molecule has 0 spiro atoms. The maximum atomic E-state index is 12.1. The minimum Gasteiger partial charge on any atom is -0.491 e. The third-order valence-corrected chi connectivity index (χ3v) is 3.89. The fourth-order valence-corrected chi connectivity index (χ4v) is 2.53. The van der Waals surface area contributed by atoms with Crippen molar-refractivity contribution in [2.24, 2.45) is 7.05 Å². The molecule has 0 saturated heterocycles. The van der Waals surface area contributed by atoms with Crippen LogP contribution in [0.3, 0.4) is 0 Å². The number of aliphatic hydroxyl groups is 1. The summed E-state index contributed by atoms with van der Waals surface area (Å²) >= 11 is 0. The lowest BCUT2D eigenvalue weighted by atomic mass is 10.2. The number of nitrogens with one attached hydrogen (secondary N) is 1. The van der Waals surface area contributed by atoms with Gasteiger partial charge in [-0.05, 0) is 19.1 Å². The van der Waals surface area contributed by atoms with E-state index in [2.05, 4.69) is 9.97 Å². The number of nitrogen functional groups attached to an aromatic ring is 1. The van der Waals surface area contributed by atoms with Gasteiger partial charge >= 0.3 is 5.69 Å². The first-order chi connectivity index (χ1) is 11.9. The van der Waals surface area contributed by atoms with Gasteiger partial charge in [-0.2, -0.15) is 4.98 Å². The molecule has 1 atom stereocenters. The molecule has 0 aliphatic heterocycles. The first-order valence-electron chi connectivity index (χ1n) is 7.69. The molecule has 3 rings (SSSR count). The highest BCUT2D eigenvalue weighted by molar-refractivity contribution is 5.73. The zero-order chi connectivity index (χ0) is 18.1. The van der Waals surface area contributed by atoms with Gasteiger partial charge in [0.15, 0.2) is 11.2 Å². The van der Waals surface area contributed by atoms with Crippen LogP contribution in [-0.2, 0) is 13.6 Å². The first-order valence-corrected chi connectivity index (χ1v) is 7.69. The molecule has 0 amide bonds. The predicted octanol–water partition coefficient (Wildman–Crippen LogP) is -0.246. The summed E-state index contributed by atoms with van der Waals surface area (Å²) in [7, 11) is 1.48. The number of benzene rings is 1. The Morgan fingerprint density at radius 1 is 1.32 bits per heavy atom. The number of hydrogen-bond donors (Lipinski definition) is 3. The lowest BCUT2D eigenvalue weighted by molar-refractivity contribution is 0.0939. The van der Waals surface area contributed by atoms with Crippen LogP contribution in [0.25, 0.3) is 11.2 Å². The van der Waals surface area contributed by atoms with Crippen LogP contribution in [0.5, 0.6) is 5.75 Å². The molecule has 0 aliphatic rings. The van der Waals surface area contributed by atoms with Crippen LogP contribution < -0.4 is 21.7 Å². The average Bonchev–Trinajstić information content (AvgIpc) is 2.89. The van der Waals surface area contributed by atoms with Crippen molar-refractivity contribution in [1.82, 2.24) is 19.1 Å². The van der Waals surface area contributed by atoms with Gasteiger partial charge in [-0.25, -0.2) is 4.79 Å². The Hall–Kier alpha value is -3.07. The number of anilines is 1. The number of H-pyrrole nitrogens is 1. The molecule has 0 radical (unpaired) electrons. The quantitative estimate of drug-likeness (QED) is 0.585. The standard InChI is InChI=1S/C16H19N5O4/c1-9-3-5-11(6-4-9)25-8-10(22)7-21-12-13(18-15(21)17)20(2)16(24)19-14(12)23/h3-6,10,22H,7-8H2,1-2H3,(H2,17,18)(H,19,23,24). The number of aryl methyl sites for hydroxylation is 2. The monoisotopic (exact) mass is 345 g/mol. The predicted molar refractivity (Wildman–Crippen MR) is 92.7 cm³/mol. The number of fused-ring (bicyclic) bond motifs is 1. The maximum Gasteiger partial charge on any atom is 0.329 e. The normalized spacial score (nSPS) is 12.4. The fraction of sp³-hybridized carbons (Fsp3) is 0.312. The first kappa shape index (κ1) is 16.8. The third kappa shape index (κ3) is 3.26. The van der Waals surface area contributed by atoms with Crippen LogP contribution >= 0.6 is 0 Å². The Labute approximate surface area is 142 Å². The fourth-order valence-electron chi connectivity index (χ4n) is 2.53. The number of imidazole rings is 1. The molecular weight excluding hydrogens is 326 g/mol. The van der Waals surface area contributed by atoms with Gasteiger partial charge in [0.25, 0.3) is 5.56 Å². The van der Waals surface area contributed by atoms with E-state index < -0.39 is 17.4 Å². The molecular formula is C16H19N5O4. The van der Waals surface area contributed by atoms with E-state index >= 15 is 0 Å². The van der Waals surface area contributed by atoms with E-state index in [0.717, 1.165) is 5.56 Å². The summed E-state index contributed by atoms with van der Waals surface area (Å²) in [5, 5.41) is 10.2. The van der Waals surface area contributed by atoms with E-state index in [1.165, 1.54) is 16.2 Å². The lowest BCUT2D eigenvalue weighted by Crippen LogP contribution is -2.30. The van der Waals surface area contributed by atoms with Gasteiger partial charge in [-0.15, -0.1) is 0 Å². The Morgan fingerprint density at radius 2 is 2.00 bits per heavy atom. The van der Waals surface area contributed by atoms with E-state index in [1.54, 1.807) is 0 Å². The molecule has 2 aromatic heterocycles. The van der Waals surface area contributed by atoms with Crippen LogP contribution in [0, 0.1) is 6.92 Å². The Bertz CT molecular complexity index is 1020. The summed E-state index contributed by atoms with van der Waals surface area (Å²) in [6.45, 7) is 2.00. The maximum absolute atomic E-state index is 12.1. The van der Waals surface area contributed by atoms with Crippen LogP contribution in [-0.4, -0.2) is 36.9 Å². The van der Waals surface area contributed by atoms with E-state index in [9.17, 15) is 14.7 Å². The van der Waals surface area contributed by atoms with E-state index in [0.29, 0.717) is 5.75 Å². The van der Waals surface area contributed by atoms with E-state index in [-0.39, 0.29) is 30.3 Å². The van der Waals surface area contributed by atoms with Crippen LogP contribution in [0.4, 0.5) is 5.95 Å². The minimum absolute atomic E-state index is 0.00940. The molecule has 9 heteroatoms. The van der Waals surface area contributed by atoms with Crippen molar-refractivity contribution in [2.45, 2.75) is 19.6 Å². The molecule has 4 N–H and O–H groups in total. The lowest BCUT2D eigenvalue weighted by Gasteiger charge is -2.14. The molecule has 0 saturated carbocycles. The second-order valence-corrected chi connectivity index (χ2v) is 5.85. The number of aromatic amines is 1. The number of nitrogens with two attached hydrogens (primary N) is 1. The van der Waals surface area contributed by atoms with Crippen molar-refractivity contribution >= 4 is 17.1 Å². The van der Waals surface area contributed by atoms with Crippen molar-refractivity contribution in [2.75, 3.05) is 12.3 Å². The number of aromatic nitrogens is 4.